The first-order chi connectivity index (χ1) is 17.9. The smallest absolute Gasteiger partial charge is 0.283 e. The Hall–Kier alpha value is -3.60. The van der Waals surface area contributed by atoms with Crippen LogP contribution in [0.25, 0.3) is 6.08 Å². The lowest BCUT2D eigenvalue weighted by Crippen LogP contribution is -2.35. The molecule has 0 aliphatic carbocycles. The maximum absolute atomic E-state index is 12.7. The molecule has 0 radical (unpaired) electrons. The van der Waals surface area contributed by atoms with E-state index in [0.717, 1.165) is 10.4 Å². The number of methoxy groups -OCH3 is 1. The number of fused-ring (bicyclic) bond motifs is 1. The van der Waals surface area contributed by atoms with Crippen LogP contribution >= 0.6 is 34.7 Å². The number of hydrogen-bond acceptors (Lipinski definition) is 8. The Labute approximate surface area is 226 Å². The second-order valence-electron chi connectivity index (χ2n) is 7.92. The molecule has 37 heavy (non-hydrogen) atoms. The number of amidine groups is 2. The average Bonchev–Trinajstić information content (AvgIpc) is 3.57. The SMILES string of the molecule is COc1cc(C=C2C(=N)N3N=C(c4cccs4)SC3=NC2=O)ccc1OCCOc1ccc(Cl)c(C)c1. The van der Waals surface area contributed by atoms with E-state index in [1.54, 1.807) is 48.8 Å². The Bertz CT molecular complexity index is 1470. The summed E-state index contributed by atoms with van der Waals surface area (Å²) in [5.74, 6) is 1.23. The molecule has 2 aromatic carbocycles. The number of thioether (sulfide) groups is 1. The minimum Gasteiger partial charge on any atom is -0.493 e. The fourth-order valence-corrected chi connectivity index (χ4v) is 5.37. The number of rotatable bonds is 8. The van der Waals surface area contributed by atoms with Gasteiger partial charge < -0.3 is 14.2 Å². The number of hydrogen-bond donors (Lipinski definition) is 1. The summed E-state index contributed by atoms with van der Waals surface area (Å²) in [6, 6.07) is 14.6. The molecule has 188 valence electrons. The zero-order valence-corrected chi connectivity index (χ0v) is 22.2. The topological polar surface area (TPSA) is 96.6 Å². The number of nitrogens with zero attached hydrogens (tertiary/aromatic N) is 3. The molecule has 2 aliphatic rings. The van der Waals surface area contributed by atoms with Gasteiger partial charge in [-0.25, -0.2) is 0 Å². The number of ether oxygens (including phenoxy) is 3. The van der Waals surface area contributed by atoms with Crippen LogP contribution in [0.3, 0.4) is 0 Å². The first kappa shape index (κ1) is 25.1. The number of nitrogens with one attached hydrogen (secondary N) is 1. The van der Waals surface area contributed by atoms with Crippen molar-refractivity contribution in [2.75, 3.05) is 20.3 Å². The summed E-state index contributed by atoms with van der Waals surface area (Å²) in [6.07, 6.45) is 1.60. The highest BCUT2D eigenvalue weighted by Gasteiger charge is 2.36. The Morgan fingerprint density at radius 3 is 2.70 bits per heavy atom. The van der Waals surface area contributed by atoms with E-state index in [-0.39, 0.29) is 11.4 Å². The van der Waals surface area contributed by atoms with Gasteiger partial charge in [0, 0.05) is 5.02 Å². The van der Waals surface area contributed by atoms with E-state index >= 15 is 0 Å². The van der Waals surface area contributed by atoms with E-state index in [9.17, 15) is 4.79 Å². The number of halogens is 1. The predicted molar refractivity (Wildman–Crippen MR) is 149 cm³/mol. The molecule has 3 aromatic rings. The molecule has 1 amide bonds. The van der Waals surface area contributed by atoms with Gasteiger partial charge in [0.25, 0.3) is 5.91 Å². The molecular weight excluding hydrogens is 532 g/mol. The molecule has 5 rings (SSSR count). The van der Waals surface area contributed by atoms with Gasteiger partial charge in [-0.3, -0.25) is 10.2 Å². The van der Waals surface area contributed by atoms with Crippen molar-refractivity contribution in [1.29, 1.82) is 5.41 Å². The summed E-state index contributed by atoms with van der Waals surface area (Å²) < 4.78 is 17.1. The highest BCUT2D eigenvalue weighted by Crippen LogP contribution is 2.33. The van der Waals surface area contributed by atoms with Crippen molar-refractivity contribution in [3.63, 3.8) is 0 Å². The summed E-state index contributed by atoms with van der Waals surface area (Å²) in [5.41, 5.74) is 1.75. The lowest BCUT2D eigenvalue weighted by Gasteiger charge is -2.20. The van der Waals surface area contributed by atoms with E-state index in [1.807, 2.05) is 36.6 Å². The Kier molecular flexibility index (Phi) is 7.31. The summed E-state index contributed by atoms with van der Waals surface area (Å²) in [7, 11) is 1.54. The number of thiophene rings is 1. The van der Waals surface area contributed by atoms with Gasteiger partial charge in [0.15, 0.2) is 17.3 Å². The maximum atomic E-state index is 12.7. The molecule has 1 N–H and O–H groups in total. The minimum atomic E-state index is -0.486. The van der Waals surface area contributed by atoms with Gasteiger partial charge in [0.05, 0.1) is 17.6 Å². The predicted octanol–water partition coefficient (Wildman–Crippen LogP) is 5.84. The zero-order chi connectivity index (χ0) is 25.9. The van der Waals surface area contributed by atoms with Crippen molar-refractivity contribution < 1.29 is 19.0 Å². The maximum Gasteiger partial charge on any atom is 0.283 e. The lowest BCUT2D eigenvalue weighted by molar-refractivity contribution is -0.114. The second-order valence-corrected chi connectivity index (χ2v) is 10.2. The molecule has 3 heterocycles. The van der Waals surface area contributed by atoms with Crippen molar-refractivity contribution in [3.8, 4) is 17.2 Å². The number of aliphatic imine (C=N–C) groups is 1. The van der Waals surface area contributed by atoms with Crippen LogP contribution in [0.2, 0.25) is 5.02 Å². The average molecular weight is 553 g/mol. The van der Waals surface area contributed by atoms with Crippen LogP contribution in [0.5, 0.6) is 17.2 Å². The van der Waals surface area contributed by atoms with Crippen LogP contribution in [0.1, 0.15) is 16.0 Å². The molecule has 0 saturated carbocycles. The highest BCUT2D eigenvalue weighted by molar-refractivity contribution is 8.27. The number of benzene rings is 2. The van der Waals surface area contributed by atoms with Crippen LogP contribution in [0.4, 0.5) is 0 Å². The van der Waals surface area contributed by atoms with Crippen molar-refractivity contribution in [1.82, 2.24) is 5.01 Å². The number of carbonyl (C=O) groups is 1. The Morgan fingerprint density at radius 2 is 1.95 bits per heavy atom. The van der Waals surface area contributed by atoms with Gasteiger partial charge >= 0.3 is 0 Å². The van der Waals surface area contributed by atoms with Crippen LogP contribution in [0, 0.1) is 12.3 Å². The van der Waals surface area contributed by atoms with E-state index < -0.39 is 5.91 Å². The van der Waals surface area contributed by atoms with Gasteiger partial charge in [0.2, 0.25) is 5.17 Å². The molecule has 11 heteroatoms. The molecule has 1 aromatic heterocycles. The summed E-state index contributed by atoms with van der Waals surface area (Å²) in [4.78, 5) is 17.8. The number of aryl methyl sites for hydroxylation is 1. The third kappa shape index (κ3) is 5.41. The van der Waals surface area contributed by atoms with Crippen LogP contribution in [-0.4, -0.2) is 47.3 Å². The van der Waals surface area contributed by atoms with E-state index in [0.29, 0.717) is 51.3 Å². The zero-order valence-electron chi connectivity index (χ0n) is 19.9. The van der Waals surface area contributed by atoms with Crippen molar-refractivity contribution in [3.05, 3.63) is 80.5 Å². The number of carbonyl (C=O) groups excluding carboxylic acids is 1. The fraction of sp³-hybridized carbons (Fsp3) is 0.154. The number of hydrazone groups is 1. The summed E-state index contributed by atoms with van der Waals surface area (Å²) >= 11 is 8.87. The molecule has 0 fully saturated rings. The van der Waals surface area contributed by atoms with E-state index in [1.165, 1.54) is 16.8 Å². The second kappa shape index (κ2) is 10.8. The molecule has 0 bridgehead atoms. The van der Waals surface area contributed by atoms with Gasteiger partial charge in [-0.1, -0.05) is 23.7 Å². The molecule has 0 atom stereocenters. The Balaban J connectivity index is 1.27. The Morgan fingerprint density at radius 1 is 1.11 bits per heavy atom. The van der Waals surface area contributed by atoms with E-state index in [2.05, 4.69) is 10.1 Å². The normalized spacial score (nSPS) is 16.0. The third-order valence-electron chi connectivity index (χ3n) is 5.42. The first-order valence-electron chi connectivity index (χ1n) is 11.2. The quantitative estimate of drug-likeness (QED) is 0.278. The fourth-order valence-electron chi connectivity index (χ4n) is 3.57. The third-order valence-corrected chi connectivity index (χ3v) is 7.80. The molecule has 0 unspecified atom stereocenters. The summed E-state index contributed by atoms with van der Waals surface area (Å²) in [6.45, 7) is 2.56. The van der Waals surface area contributed by atoms with E-state index in [4.69, 9.17) is 31.2 Å². The largest absolute Gasteiger partial charge is 0.493 e. The van der Waals surface area contributed by atoms with Crippen LogP contribution in [-0.2, 0) is 4.79 Å². The van der Waals surface area contributed by atoms with Gasteiger partial charge in [0.1, 0.15) is 24.0 Å². The molecule has 0 spiro atoms. The van der Waals surface area contributed by atoms with Crippen molar-refractivity contribution in [2.24, 2.45) is 10.1 Å². The highest BCUT2D eigenvalue weighted by atomic mass is 35.5. The minimum absolute atomic E-state index is 0.0251. The van der Waals surface area contributed by atoms with Gasteiger partial charge in [-0.05, 0) is 77.7 Å². The number of amides is 1. The standard InChI is InChI=1S/C26H21ClN4O4S2/c1-15-12-17(6-7-19(15)27)34-9-10-35-20-8-5-16(14-21(20)33-2)13-18-23(28)31-26(29-24(18)32)37-25(30-31)22-4-3-11-36-22/h3-8,11-14,28H,9-10H2,1-2H3. The first-order valence-corrected chi connectivity index (χ1v) is 13.2. The molecular formula is C26H21ClN4O4S2. The van der Waals surface area contributed by atoms with Crippen LogP contribution < -0.4 is 14.2 Å². The lowest BCUT2D eigenvalue weighted by atomic mass is 10.1. The van der Waals surface area contributed by atoms with Crippen molar-refractivity contribution in [2.45, 2.75) is 6.92 Å². The molecule has 0 saturated heterocycles. The summed E-state index contributed by atoms with van der Waals surface area (Å²) in [5, 5.41) is 18.2. The molecule has 8 nitrogen and oxygen atoms in total. The molecule has 2 aliphatic heterocycles. The van der Waals surface area contributed by atoms with Crippen LogP contribution in [0.15, 0.2) is 69.6 Å². The van der Waals surface area contributed by atoms with Crippen molar-refractivity contribution >= 4 is 62.7 Å². The van der Waals surface area contributed by atoms with Gasteiger partial charge in [-0.15, -0.1) is 11.3 Å². The van der Waals surface area contributed by atoms with Gasteiger partial charge in [-0.2, -0.15) is 15.1 Å². The monoisotopic (exact) mass is 552 g/mol.